The molecule has 1 aromatic carbocycles. The molecule has 0 aliphatic carbocycles. The summed E-state index contributed by atoms with van der Waals surface area (Å²) in [7, 11) is 0.735. The molecule has 0 heterocycles. The van der Waals surface area contributed by atoms with Crippen LogP contribution in [0.5, 0.6) is 0 Å². The highest BCUT2D eigenvalue weighted by Gasteiger charge is 2.23. The van der Waals surface area contributed by atoms with Gasteiger partial charge in [0, 0.05) is 6.07 Å². The minimum Gasteiger partial charge on any atom is -0.422 e. The highest BCUT2D eigenvalue weighted by molar-refractivity contribution is 5.98. The predicted molar refractivity (Wildman–Crippen MR) is 82.8 cm³/mol. The van der Waals surface area contributed by atoms with Crippen molar-refractivity contribution >= 4 is 10.5 Å². The van der Waals surface area contributed by atoms with Crippen molar-refractivity contribution in [2.45, 2.75) is 64.4 Å². The van der Waals surface area contributed by atoms with Crippen LogP contribution in [0.2, 0.25) is 0 Å². The van der Waals surface area contributed by atoms with Gasteiger partial charge in [-0.05, 0) is 43.7 Å². The number of rotatable bonds is 9. The van der Waals surface area contributed by atoms with E-state index in [0.717, 1.165) is 55.1 Å². The molecule has 1 nitrogen and oxygen atoms in total. The summed E-state index contributed by atoms with van der Waals surface area (Å²) in [6, 6.07) is 1.59. The van der Waals surface area contributed by atoms with Gasteiger partial charge in [0.2, 0.25) is 0 Å². The molecule has 0 saturated heterocycles. The summed E-state index contributed by atoms with van der Waals surface area (Å²) in [6.07, 6.45) is 6.17. The van der Waals surface area contributed by atoms with Gasteiger partial charge in [-0.1, -0.05) is 26.7 Å². The van der Waals surface area contributed by atoms with Crippen molar-refractivity contribution in [2.24, 2.45) is 0 Å². The first-order chi connectivity index (χ1) is 9.98. The van der Waals surface area contributed by atoms with E-state index in [1.807, 2.05) is 0 Å². The third-order valence-electron chi connectivity index (χ3n) is 4.39. The van der Waals surface area contributed by atoms with Crippen LogP contribution in [-0.2, 0) is 10.8 Å². The van der Waals surface area contributed by atoms with Crippen molar-refractivity contribution in [3.05, 3.63) is 35.1 Å². The molecule has 0 radical (unpaired) electrons. The maximum absolute atomic E-state index is 13.5. The maximum Gasteiger partial charge on any atom is 0.161 e. The first-order valence-corrected chi connectivity index (χ1v) is 8.48. The molecule has 0 fully saturated rings. The Kier molecular flexibility index (Phi) is 7.46. The lowest BCUT2D eigenvalue weighted by Crippen LogP contribution is -2.30. The van der Waals surface area contributed by atoms with Crippen LogP contribution >= 0.6 is 0 Å². The number of hydrogen-bond acceptors (Lipinski definition) is 1. The first kappa shape index (κ1) is 18.2. The van der Waals surface area contributed by atoms with Crippen molar-refractivity contribution < 1.29 is 17.6 Å². The Morgan fingerprint density at radius 3 is 2.14 bits per heavy atom. The Bertz CT molecular complexity index is 439. The van der Waals surface area contributed by atoms with Crippen LogP contribution in [-0.4, -0.2) is 16.1 Å². The Morgan fingerprint density at radius 2 is 1.57 bits per heavy atom. The lowest BCUT2D eigenvalue weighted by atomic mass is 9.90. The molecule has 0 spiro atoms. The van der Waals surface area contributed by atoms with Gasteiger partial charge in [0.1, 0.15) is 16.3 Å². The van der Waals surface area contributed by atoms with Crippen LogP contribution in [0.1, 0.15) is 57.9 Å². The van der Waals surface area contributed by atoms with Crippen LogP contribution < -0.4 is 0 Å². The van der Waals surface area contributed by atoms with E-state index in [4.69, 9.17) is 4.43 Å². The minimum atomic E-state index is -1.13. The topological polar surface area (TPSA) is 9.23 Å². The van der Waals surface area contributed by atoms with Crippen molar-refractivity contribution in [2.75, 3.05) is 0 Å². The van der Waals surface area contributed by atoms with E-state index in [1.54, 1.807) is 0 Å². The van der Waals surface area contributed by atoms with Gasteiger partial charge in [0.05, 0.1) is 5.60 Å². The van der Waals surface area contributed by atoms with E-state index in [9.17, 15) is 13.2 Å². The maximum atomic E-state index is 13.5. The molecule has 5 heteroatoms. The number of unbranched alkanes of at least 4 members (excludes halogenated alkanes) is 2. The van der Waals surface area contributed by atoms with Crippen molar-refractivity contribution in [3.8, 4) is 0 Å². The van der Waals surface area contributed by atoms with Crippen LogP contribution in [0, 0.1) is 17.5 Å². The fourth-order valence-corrected chi connectivity index (χ4v) is 3.47. The molecule has 0 bridgehead atoms. The second-order valence-electron chi connectivity index (χ2n) is 5.51. The lowest BCUT2D eigenvalue weighted by Gasteiger charge is -2.31. The largest absolute Gasteiger partial charge is 0.422 e. The highest BCUT2D eigenvalue weighted by atomic mass is 28.2. The number of aryl methyl sites for hydroxylation is 1. The third-order valence-corrected chi connectivity index (χ3v) is 5.26. The Labute approximate surface area is 128 Å². The summed E-state index contributed by atoms with van der Waals surface area (Å²) in [4.78, 5) is 0. The molecule has 1 aromatic rings. The van der Waals surface area contributed by atoms with Gasteiger partial charge in [-0.3, -0.25) is 0 Å². The highest BCUT2D eigenvalue weighted by Crippen LogP contribution is 2.26. The van der Waals surface area contributed by atoms with Crippen LogP contribution in [0.3, 0.4) is 0 Å². The van der Waals surface area contributed by atoms with Gasteiger partial charge in [0.15, 0.2) is 11.6 Å². The number of benzene rings is 1. The van der Waals surface area contributed by atoms with Crippen LogP contribution in [0.15, 0.2) is 12.1 Å². The second-order valence-corrected chi connectivity index (χ2v) is 5.92. The van der Waals surface area contributed by atoms with Crippen molar-refractivity contribution in [3.63, 3.8) is 0 Å². The molecule has 1 rings (SSSR count). The van der Waals surface area contributed by atoms with Gasteiger partial charge < -0.3 is 4.43 Å². The number of halogens is 3. The summed E-state index contributed by atoms with van der Waals surface area (Å²) in [6.45, 7) is 4.27. The molecule has 0 aliphatic heterocycles. The predicted octanol–water partition coefficient (Wildman–Crippen LogP) is 4.06. The summed E-state index contributed by atoms with van der Waals surface area (Å²) >= 11 is 0. The van der Waals surface area contributed by atoms with Gasteiger partial charge in [-0.2, -0.15) is 0 Å². The fourth-order valence-electron chi connectivity index (χ4n) is 2.69. The van der Waals surface area contributed by atoms with Crippen LogP contribution in [0.25, 0.3) is 0 Å². The molecule has 0 N–H and O–H groups in total. The van der Waals surface area contributed by atoms with Crippen molar-refractivity contribution in [1.29, 1.82) is 0 Å². The Hall–Kier alpha value is -0.813. The number of hydrogen-bond donors (Lipinski definition) is 0. The third kappa shape index (κ3) is 5.15. The van der Waals surface area contributed by atoms with Gasteiger partial charge >= 0.3 is 0 Å². The first-order valence-electron chi connectivity index (χ1n) is 7.66. The normalized spacial score (nSPS) is 12.0. The monoisotopic (exact) mass is 318 g/mol. The second kappa shape index (κ2) is 8.59. The van der Waals surface area contributed by atoms with E-state index < -0.39 is 17.5 Å². The zero-order valence-electron chi connectivity index (χ0n) is 13.1. The SMILES string of the molecule is CCC(CC)(CCCCCc1cc(F)c(F)cc1F)O[SiH3]. The lowest BCUT2D eigenvalue weighted by molar-refractivity contribution is 0.0583. The molecule has 120 valence electrons. The van der Waals surface area contributed by atoms with E-state index in [1.165, 1.54) is 0 Å². The van der Waals surface area contributed by atoms with E-state index in [-0.39, 0.29) is 11.2 Å². The van der Waals surface area contributed by atoms with Gasteiger partial charge in [-0.25, -0.2) is 13.2 Å². The van der Waals surface area contributed by atoms with Crippen molar-refractivity contribution in [1.82, 2.24) is 0 Å². The summed E-state index contributed by atoms with van der Waals surface area (Å²) < 4.78 is 45.1. The van der Waals surface area contributed by atoms with E-state index >= 15 is 0 Å². The zero-order chi connectivity index (χ0) is 15.9. The molecular formula is C16H25F3OSi. The standard InChI is InChI=1S/C16H25F3OSi/c1-3-16(4-2,20-21)9-7-5-6-8-12-10-14(18)15(19)11-13(12)17/h10-11H,3-9H2,1-2,21H3. The Balaban J connectivity index is 2.40. The average Bonchev–Trinajstić information content (AvgIpc) is 2.48. The molecule has 21 heavy (non-hydrogen) atoms. The summed E-state index contributed by atoms with van der Waals surface area (Å²) in [5.41, 5.74) is 0.254. The average molecular weight is 318 g/mol. The van der Waals surface area contributed by atoms with Gasteiger partial charge in [0.25, 0.3) is 0 Å². The minimum absolute atomic E-state index is 0.000540. The summed E-state index contributed by atoms with van der Waals surface area (Å²) in [5.74, 6) is -2.77. The molecule has 0 atom stereocenters. The molecular weight excluding hydrogens is 293 g/mol. The summed E-state index contributed by atoms with van der Waals surface area (Å²) in [5, 5.41) is 0. The molecule has 0 aromatic heterocycles. The Morgan fingerprint density at radius 1 is 0.952 bits per heavy atom. The molecule has 0 amide bonds. The van der Waals surface area contributed by atoms with E-state index in [0.29, 0.717) is 12.5 Å². The zero-order valence-corrected chi connectivity index (χ0v) is 15.1. The van der Waals surface area contributed by atoms with Gasteiger partial charge in [-0.15, -0.1) is 0 Å². The fraction of sp³-hybridized carbons (Fsp3) is 0.625. The smallest absolute Gasteiger partial charge is 0.161 e. The molecule has 0 saturated carbocycles. The quantitative estimate of drug-likeness (QED) is 0.379. The van der Waals surface area contributed by atoms with E-state index in [2.05, 4.69) is 13.8 Å². The molecule has 0 aliphatic rings. The molecule has 0 unspecified atom stereocenters. The van der Waals surface area contributed by atoms with Crippen LogP contribution in [0.4, 0.5) is 13.2 Å².